The van der Waals surface area contributed by atoms with Crippen LogP contribution in [0.1, 0.15) is 19.4 Å². The number of carbonyl (C=O) groups excluding carboxylic acids is 2. The van der Waals surface area contributed by atoms with Gasteiger partial charge in [-0.25, -0.2) is 0 Å². The molecule has 1 aliphatic heterocycles. The molecule has 0 aliphatic carbocycles. The van der Waals surface area contributed by atoms with Gasteiger partial charge >= 0.3 is 0 Å². The number of aromatic nitrogens is 4. The Kier molecular flexibility index (Phi) is 6.81. The van der Waals surface area contributed by atoms with Gasteiger partial charge in [0.2, 0.25) is 17.6 Å². The molecule has 1 aromatic carbocycles. The maximum absolute atomic E-state index is 13.0. The van der Waals surface area contributed by atoms with E-state index in [2.05, 4.69) is 15.4 Å². The van der Waals surface area contributed by atoms with Gasteiger partial charge in [-0.2, -0.15) is 4.80 Å². The van der Waals surface area contributed by atoms with Crippen LogP contribution in [0.5, 0.6) is 0 Å². The number of benzene rings is 1. The molecular formula is C19H26ClN7O2. The highest BCUT2D eigenvalue weighted by molar-refractivity contribution is 6.30. The monoisotopic (exact) mass is 419 g/mol. The zero-order valence-corrected chi connectivity index (χ0v) is 17.7. The van der Waals surface area contributed by atoms with E-state index in [9.17, 15) is 9.59 Å². The van der Waals surface area contributed by atoms with Gasteiger partial charge in [-0.05, 0) is 50.0 Å². The Bertz CT molecular complexity index is 844. The first-order valence-electron chi connectivity index (χ1n) is 9.65. The molecule has 0 radical (unpaired) electrons. The fourth-order valence-electron chi connectivity index (χ4n) is 3.27. The van der Waals surface area contributed by atoms with Crippen molar-refractivity contribution in [3.8, 4) is 11.4 Å². The van der Waals surface area contributed by atoms with Crippen molar-refractivity contribution < 1.29 is 9.59 Å². The molecule has 1 aliphatic rings. The lowest BCUT2D eigenvalue weighted by molar-refractivity contribution is -0.142. The van der Waals surface area contributed by atoms with Gasteiger partial charge in [-0.15, -0.1) is 10.2 Å². The first-order valence-corrected chi connectivity index (χ1v) is 10.0. The summed E-state index contributed by atoms with van der Waals surface area (Å²) in [4.78, 5) is 32.1. The Morgan fingerprint density at radius 3 is 2.31 bits per heavy atom. The van der Waals surface area contributed by atoms with Crippen LogP contribution in [-0.2, 0) is 9.59 Å². The van der Waals surface area contributed by atoms with Crippen molar-refractivity contribution in [3.63, 3.8) is 0 Å². The first kappa shape index (κ1) is 21.2. The minimum absolute atomic E-state index is 0.0488. The summed E-state index contributed by atoms with van der Waals surface area (Å²) in [6.45, 7) is 4.39. The van der Waals surface area contributed by atoms with E-state index in [1.54, 1.807) is 21.9 Å². The summed E-state index contributed by atoms with van der Waals surface area (Å²) < 4.78 is 0. The third-order valence-electron chi connectivity index (χ3n) is 4.88. The molecule has 1 saturated heterocycles. The maximum atomic E-state index is 13.0. The second-order valence-electron chi connectivity index (χ2n) is 7.31. The third-order valence-corrected chi connectivity index (χ3v) is 5.13. The fraction of sp³-hybridized carbons (Fsp3) is 0.526. The van der Waals surface area contributed by atoms with Crippen LogP contribution in [0.3, 0.4) is 0 Å². The number of halogens is 1. The minimum Gasteiger partial charge on any atom is -0.338 e. The summed E-state index contributed by atoms with van der Waals surface area (Å²) in [7, 11) is 3.74. The molecule has 1 unspecified atom stereocenters. The number of hydrogen-bond acceptors (Lipinski definition) is 6. The Labute approximate surface area is 175 Å². The van der Waals surface area contributed by atoms with Crippen LogP contribution in [0.15, 0.2) is 24.3 Å². The number of likely N-dealkylation sites (N-methyl/N-ethyl adjacent to an activating group) is 1. The van der Waals surface area contributed by atoms with Gasteiger partial charge in [0.05, 0.1) is 6.54 Å². The number of tetrazole rings is 1. The molecule has 29 heavy (non-hydrogen) atoms. The van der Waals surface area contributed by atoms with Crippen molar-refractivity contribution in [1.29, 1.82) is 0 Å². The summed E-state index contributed by atoms with van der Waals surface area (Å²) in [5.74, 6) is 0.485. The predicted molar refractivity (Wildman–Crippen MR) is 109 cm³/mol. The number of amides is 2. The second-order valence-corrected chi connectivity index (χ2v) is 7.74. The number of carbonyl (C=O) groups is 2. The number of rotatable bonds is 6. The smallest absolute Gasteiger partial charge is 0.249 e. The molecule has 1 fully saturated rings. The van der Waals surface area contributed by atoms with Crippen molar-refractivity contribution >= 4 is 23.4 Å². The highest BCUT2D eigenvalue weighted by Gasteiger charge is 2.30. The average molecular weight is 420 g/mol. The molecule has 9 nitrogen and oxygen atoms in total. The largest absolute Gasteiger partial charge is 0.338 e. The lowest BCUT2D eigenvalue weighted by Gasteiger charge is -2.36. The van der Waals surface area contributed by atoms with Crippen LogP contribution in [-0.4, -0.2) is 93.5 Å². The molecule has 0 N–H and O–H groups in total. The lowest BCUT2D eigenvalue weighted by Crippen LogP contribution is -2.53. The topological polar surface area (TPSA) is 87.5 Å². The van der Waals surface area contributed by atoms with Crippen LogP contribution < -0.4 is 0 Å². The average Bonchev–Trinajstić information content (AvgIpc) is 3.18. The molecule has 2 amide bonds. The van der Waals surface area contributed by atoms with Crippen LogP contribution in [0.25, 0.3) is 11.4 Å². The Morgan fingerprint density at radius 1 is 1.10 bits per heavy atom. The number of piperazine rings is 1. The van der Waals surface area contributed by atoms with Crippen molar-refractivity contribution in [2.75, 3.05) is 46.8 Å². The Morgan fingerprint density at radius 2 is 1.72 bits per heavy atom. The number of hydrogen-bond donors (Lipinski definition) is 0. The van der Waals surface area contributed by atoms with Gasteiger partial charge < -0.3 is 14.7 Å². The third kappa shape index (κ3) is 5.10. The molecule has 10 heteroatoms. The van der Waals surface area contributed by atoms with Gasteiger partial charge in [0.25, 0.3) is 0 Å². The molecule has 0 spiro atoms. The molecule has 0 bridgehead atoms. The Balaban J connectivity index is 1.64. The molecule has 0 saturated carbocycles. The first-order chi connectivity index (χ1) is 13.9. The summed E-state index contributed by atoms with van der Waals surface area (Å²) in [6, 6.07) is 6.63. The summed E-state index contributed by atoms with van der Waals surface area (Å²) in [6.07, 6.45) is 0.551. The molecule has 1 aromatic heterocycles. The maximum Gasteiger partial charge on any atom is 0.249 e. The summed E-state index contributed by atoms with van der Waals surface area (Å²) in [5, 5.41) is 13.2. The normalized spacial score (nSPS) is 15.6. The molecule has 2 aromatic rings. The summed E-state index contributed by atoms with van der Waals surface area (Å²) >= 11 is 5.92. The minimum atomic E-state index is -0.521. The van der Waals surface area contributed by atoms with E-state index in [4.69, 9.17) is 11.6 Å². The van der Waals surface area contributed by atoms with E-state index < -0.39 is 6.04 Å². The van der Waals surface area contributed by atoms with E-state index in [-0.39, 0.29) is 11.8 Å². The molecular weight excluding hydrogens is 394 g/mol. The van der Waals surface area contributed by atoms with E-state index in [0.29, 0.717) is 50.0 Å². The standard InChI is InChI=1S/C19H26ClN7O2/c1-4-16(27-22-18(21-23-27)14-5-7-15(20)8-6-14)19(29)26-11-9-25(10-12-26)17(28)13-24(2)3/h5-8,16H,4,9-13H2,1-3H3. The zero-order chi connectivity index (χ0) is 21.0. The van der Waals surface area contributed by atoms with Crippen molar-refractivity contribution in [1.82, 2.24) is 34.9 Å². The molecule has 156 valence electrons. The van der Waals surface area contributed by atoms with Crippen molar-refractivity contribution in [2.45, 2.75) is 19.4 Å². The predicted octanol–water partition coefficient (Wildman–Crippen LogP) is 1.18. The lowest BCUT2D eigenvalue weighted by atomic mass is 10.2. The Hall–Kier alpha value is -2.52. The highest BCUT2D eigenvalue weighted by Crippen LogP contribution is 2.20. The second kappa shape index (κ2) is 9.32. The van der Waals surface area contributed by atoms with Crippen LogP contribution >= 0.6 is 11.6 Å². The fourth-order valence-corrected chi connectivity index (χ4v) is 3.39. The molecule has 1 atom stereocenters. The zero-order valence-electron chi connectivity index (χ0n) is 17.0. The van der Waals surface area contributed by atoms with Gasteiger partial charge in [0.15, 0.2) is 6.04 Å². The van der Waals surface area contributed by atoms with Gasteiger partial charge in [0.1, 0.15) is 0 Å². The van der Waals surface area contributed by atoms with E-state index >= 15 is 0 Å². The van der Waals surface area contributed by atoms with E-state index in [1.807, 2.05) is 38.1 Å². The highest BCUT2D eigenvalue weighted by atomic mass is 35.5. The van der Waals surface area contributed by atoms with Crippen molar-refractivity contribution in [3.05, 3.63) is 29.3 Å². The molecule has 3 rings (SSSR count). The van der Waals surface area contributed by atoms with Crippen molar-refractivity contribution in [2.24, 2.45) is 0 Å². The van der Waals surface area contributed by atoms with Gasteiger partial charge in [-0.3, -0.25) is 9.59 Å². The number of nitrogens with zero attached hydrogens (tertiary/aromatic N) is 7. The van der Waals surface area contributed by atoms with E-state index in [0.717, 1.165) is 5.56 Å². The summed E-state index contributed by atoms with van der Waals surface area (Å²) in [5.41, 5.74) is 0.788. The van der Waals surface area contributed by atoms with Gasteiger partial charge in [0, 0.05) is 36.8 Å². The SMILES string of the molecule is CCC(C(=O)N1CCN(C(=O)CN(C)C)CC1)n1nnc(-c2ccc(Cl)cc2)n1. The van der Waals surface area contributed by atoms with Gasteiger partial charge in [-0.1, -0.05) is 18.5 Å². The van der Waals surface area contributed by atoms with Crippen LogP contribution in [0.4, 0.5) is 0 Å². The van der Waals surface area contributed by atoms with Crippen LogP contribution in [0, 0.1) is 0 Å². The van der Waals surface area contributed by atoms with Crippen LogP contribution in [0.2, 0.25) is 5.02 Å². The quantitative estimate of drug-likeness (QED) is 0.698. The van der Waals surface area contributed by atoms with E-state index in [1.165, 1.54) is 4.80 Å². The molecule has 2 heterocycles.